The molecular weight excluding hydrogens is 386 g/mol. The number of halogens is 1. The van der Waals surface area contributed by atoms with E-state index in [1.807, 2.05) is 0 Å². The molecule has 0 amide bonds. The first-order valence-electron chi connectivity index (χ1n) is 10.5. The fourth-order valence-corrected chi connectivity index (χ4v) is 5.38. The summed E-state index contributed by atoms with van der Waals surface area (Å²) in [5, 5.41) is 7.94. The van der Waals surface area contributed by atoms with Crippen LogP contribution in [0, 0.1) is 0 Å². The maximum absolute atomic E-state index is 6.28. The molecule has 2 N–H and O–H groups in total. The fraction of sp³-hybridized carbons (Fsp3) is 0.143. The van der Waals surface area contributed by atoms with Crippen LogP contribution >= 0.6 is 12.4 Å². The average molecular weight is 410 g/mol. The third kappa shape index (κ3) is 2.77. The molecule has 0 saturated heterocycles. The van der Waals surface area contributed by atoms with Crippen molar-refractivity contribution in [3.63, 3.8) is 0 Å². The van der Waals surface area contributed by atoms with Crippen molar-refractivity contribution in [3.8, 4) is 0 Å². The number of hydrogen-bond acceptors (Lipinski definition) is 1. The Kier molecular flexibility index (Phi) is 4.64. The Morgan fingerprint density at radius 2 is 1.30 bits per heavy atom. The third-order valence-corrected chi connectivity index (χ3v) is 6.74. The van der Waals surface area contributed by atoms with Gasteiger partial charge in [0, 0.05) is 17.0 Å². The van der Waals surface area contributed by atoms with Gasteiger partial charge in [-0.1, -0.05) is 78.9 Å². The largest absolute Gasteiger partial charge is 0.398 e. The van der Waals surface area contributed by atoms with Crippen LogP contribution < -0.4 is 5.73 Å². The molecule has 0 saturated carbocycles. The molecule has 1 atom stereocenters. The normalized spacial score (nSPS) is 15.8. The van der Waals surface area contributed by atoms with Crippen molar-refractivity contribution in [1.29, 1.82) is 0 Å². The minimum absolute atomic E-state index is 0. The molecule has 1 aliphatic rings. The average Bonchev–Trinajstić information content (AvgIpc) is 2.79. The zero-order chi connectivity index (χ0) is 19.4. The first-order valence-corrected chi connectivity index (χ1v) is 10.5. The number of fused-ring (bicyclic) bond motifs is 6. The van der Waals surface area contributed by atoms with Gasteiger partial charge in [0.1, 0.15) is 0 Å². The van der Waals surface area contributed by atoms with Crippen LogP contribution in [-0.2, 0) is 6.42 Å². The summed E-state index contributed by atoms with van der Waals surface area (Å²) in [5.74, 6) is 0.431. The van der Waals surface area contributed by atoms with E-state index in [0.29, 0.717) is 5.92 Å². The maximum Gasteiger partial charge on any atom is 0.0393 e. The molecule has 30 heavy (non-hydrogen) atoms. The van der Waals surface area contributed by atoms with Crippen molar-refractivity contribution in [2.24, 2.45) is 0 Å². The van der Waals surface area contributed by atoms with E-state index in [0.717, 1.165) is 12.1 Å². The number of hydrogen-bond donors (Lipinski definition) is 1. The van der Waals surface area contributed by atoms with E-state index in [2.05, 4.69) is 84.9 Å². The molecule has 0 aliphatic heterocycles. The Labute approximate surface area is 182 Å². The lowest BCUT2D eigenvalue weighted by Gasteiger charge is -2.28. The zero-order valence-electron chi connectivity index (χ0n) is 16.8. The van der Waals surface area contributed by atoms with Crippen molar-refractivity contribution in [3.05, 3.63) is 102 Å². The first kappa shape index (κ1) is 19.0. The Hall–Kier alpha value is -3.03. The van der Waals surface area contributed by atoms with Crippen molar-refractivity contribution in [2.75, 3.05) is 5.73 Å². The van der Waals surface area contributed by atoms with E-state index in [-0.39, 0.29) is 12.4 Å². The molecule has 0 radical (unpaired) electrons. The van der Waals surface area contributed by atoms with Crippen molar-refractivity contribution in [2.45, 2.75) is 25.2 Å². The molecule has 2 heteroatoms. The summed E-state index contributed by atoms with van der Waals surface area (Å²) in [6, 6.07) is 31.0. The number of anilines is 1. The molecule has 1 unspecified atom stereocenters. The highest BCUT2D eigenvalue weighted by Crippen LogP contribution is 2.43. The number of benzene rings is 5. The predicted octanol–water partition coefficient (Wildman–Crippen LogP) is 7.62. The molecule has 5 aromatic rings. The van der Waals surface area contributed by atoms with Gasteiger partial charge in [-0.3, -0.25) is 0 Å². The minimum Gasteiger partial charge on any atom is -0.398 e. The van der Waals surface area contributed by atoms with Gasteiger partial charge in [0.15, 0.2) is 0 Å². The Morgan fingerprint density at radius 3 is 2.17 bits per heavy atom. The minimum atomic E-state index is 0. The summed E-state index contributed by atoms with van der Waals surface area (Å²) in [7, 11) is 0. The lowest BCUT2D eigenvalue weighted by atomic mass is 9.75. The molecular formula is C28H24ClN. The van der Waals surface area contributed by atoms with Gasteiger partial charge in [0.2, 0.25) is 0 Å². The molecule has 0 spiro atoms. The van der Waals surface area contributed by atoms with E-state index in [4.69, 9.17) is 5.73 Å². The lowest BCUT2D eigenvalue weighted by Crippen LogP contribution is -2.12. The van der Waals surface area contributed by atoms with Gasteiger partial charge in [0.25, 0.3) is 0 Å². The van der Waals surface area contributed by atoms with Gasteiger partial charge >= 0.3 is 0 Å². The number of aryl methyl sites for hydroxylation is 1. The summed E-state index contributed by atoms with van der Waals surface area (Å²) in [5.41, 5.74) is 11.6. The van der Waals surface area contributed by atoms with Crippen molar-refractivity contribution in [1.82, 2.24) is 0 Å². The number of nitrogens with two attached hydrogens (primary N) is 1. The second-order valence-electron chi connectivity index (χ2n) is 8.25. The maximum atomic E-state index is 6.28. The van der Waals surface area contributed by atoms with Crippen LogP contribution in [0.25, 0.3) is 32.3 Å². The molecule has 0 bridgehead atoms. The van der Waals surface area contributed by atoms with Gasteiger partial charge < -0.3 is 5.73 Å². The van der Waals surface area contributed by atoms with Crippen LogP contribution in [0.3, 0.4) is 0 Å². The Bertz CT molecular complexity index is 1400. The summed E-state index contributed by atoms with van der Waals surface area (Å²) in [6.07, 6.45) is 3.58. The highest BCUT2D eigenvalue weighted by molar-refractivity contribution is 6.09. The second kappa shape index (κ2) is 7.34. The zero-order valence-corrected chi connectivity index (χ0v) is 17.6. The van der Waals surface area contributed by atoms with Gasteiger partial charge in [-0.05, 0) is 69.0 Å². The summed E-state index contributed by atoms with van der Waals surface area (Å²) in [6.45, 7) is 0. The number of nitrogen functional groups attached to an aromatic ring is 1. The topological polar surface area (TPSA) is 26.0 Å². The monoisotopic (exact) mass is 409 g/mol. The van der Waals surface area contributed by atoms with Gasteiger partial charge in [-0.25, -0.2) is 0 Å². The smallest absolute Gasteiger partial charge is 0.0393 e. The second-order valence-corrected chi connectivity index (χ2v) is 8.25. The van der Waals surface area contributed by atoms with Gasteiger partial charge in [0.05, 0.1) is 0 Å². The van der Waals surface area contributed by atoms with Crippen LogP contribution in [0.15, 0.2) is 84.9 Å². The standard InChI is InChI=1S/C28H23N.ClH/c29-28-17-16-26(22-8-3-4-9-27(22)28)21-11-5-10-20-24-13-12-18-6-1-2-7-19(18)23(24)14-15-25(20)21;/h1-4,6-9,12-17,21H,5,10-11,29H2;1H. The Morgan fingerprint density at radius 1 is 0.600 bits per heavy atom. The number of rotatable bonds is 1. The van der Waals surface area contributed by atoms with E-state index in [1.165, 1.54) is 61.8 Å². The van der Waals surface area contributed by atoms with Crippen molar-refractivity contribution >= 4 is 50.4 Å². The van der Waals surface area contributed by atoms with E-state index >= 15 is 0 Å². The molecule has 0 fully saturated rings. The molecule has 5 aromatic carbocycles. The lowest BCUT2D eigenvalue weighted by molar-refractivity contribution is 0.622. The summed E-state index contributed by atoms with van der Waals surface area (Å²) in [4.78, 5) is 0. The van der Waals surface area contributed by atoms with E-state index in [9.17, 15) is 0 Å². The van der Waals surface area contributed by atoms with Crippen molar-refractivity contribution < 1.29 is 0 Å². The fourth-order valence-electron chi connectivity index (χ4n) is 5.38. The van der Waals surface area contributed by atoms with Crippen LogP contribution in [0.2, 0.25) is 0 Å². The predicted molar refractivity (Wildman–Crippen MR) is 132 cm³/mol. The van der Waals surface area contributed by atoms with E-state index < -0.39 is 0 Å². The summed E-state index contributed by atoms with van der Waals surface area (Å²) >= 11 is 0. The summed E-state index contributed by atoms with van der Waals surface area (Å²) < 4.78 is 0. The molecule has 0 heterocycles. The van der Waals surface area contributed by atoms with Gasteiger partial charge in [-0.15, -0.1) is 12.4 Å². The van der Waals surface area contributed by atoms with Crippen LogP contribution in [0.1, 0.15) is 35.4 Å². The first-order chi connectivity index (χ1) is 14.3. The molecule has 6 rings (SSSR count). The van der Waals surface area contributed by atoms with Gasteiger partial charge in [-0.2, -0.15) is 0 Å². The highest BCUT2D eigenvalue weighted by atomic mass is 35.5. The molecule has 1 aliphatic carbocycles. The molecule has 148 valence electrons. The van der Waals surface area contributed by atoms with Crippen LogP contribution in [0.4, 0.5) is 5.69 Å². The van der Waals surface area contributed by atoms with Crippen LogP contribution in [-0.4, -0.2) is 0 Å². The Balaban J connectivity index is 0.00000193. The quantitative estimate of drug-likeness (QED) is 0.223. The van der Waals surface area contributed by atoms with Crippen LogP contribution in [0.5, 0.6) is 0 Å². The third-order valence-electron chi connectivity index (χ3n) is 6.74. The molecule has 0 aromatic heterocycles. The SMILES string of the molecule is Cl.Nc1ccc(C2CCCc3c2ccc2c3ccc3ccccc32)c2ccccc12. The highest BCUT2D eigenvalue weighted by Gasteiger charge is 2.25. The van der Waals surface area contributed by atoms with E-state index in [1.54, 1.807) is 0 Å². The molecule has 1 nitrogen and oxygen atoms in total.